The molecule has 0 spiro atoms. The fourth-order valence-corrected chi connectivity index (χ4v) is 3.42. The predicted molar refractivity (Wildman–Crippen MR) is 127 cm³/mol. The third-order valence-electron chi connectivity index (χ3n) is 5.10. The van der Waals surface area contributed by atoms with Crippen molar-refractivity contribution in [2.24, 2.45) is 0 Å². The molecular formula is C24H31BrN2O5. The molecule has 0 aliphatic carbocycles. The Labute approximate surface area is 198 Å². The van der Waals surface area contributed by atoms with Crippen molar-refractivity contribution in [2.75, 3.05) is 20.8 Å². The number of nitrogens with one attached hydrogen (secondary N) is 1. The Morgan fingerprint density at radius 1 is 1.03 bits per heavy atom. The minimum atomic E-state index is -0.668. The van der Waals surface area contributed by atoms with Gasteiger partial charge in [0, 0.05) is 35.3 Å². The van der Waals surface area contributed by atoms with E-state index >= 15 is 0 Å². The topological polar surface area (TPSA) is 77.1 Å². The van der Waals surface area contributed by atoms with Gasteiger partial charge >= 0.3 is 0 Å². The van der Waals surface area contributed by atoms with E-state index < -0.39 is 6.04 Å². The highest BCUT2D eigenvalue weighted by Crippen LogP contribution is 2.27. The van der Waals surface area contributed by atoms with E-state index in [-0.39, 0.29) is 31.0 Å². The Kier molecular flexibility index (Phi) is 9.84. The highest BCUT2D eigenvalue weighted by molar-refractivity contribution is 9.10. The molecule has 1 N–H and O–H groups in total. The highest BCUT2D eigenvalue weighted by atomic mass is 79.9. The van der Waals surface area contributed by atoms with Crippen molar-refractivity contribution < 1.29 is 23.8 Å². The second-order valence-corrected chi connectivity index (χ2v) is 8.40. The van der Waals surface area contributed by atoms with Crippen molar-refractivity contribution in [3.05, 3.63) is 52.5 Å². The lowest BCUT2D eigenvalue weighted by molar-refractivity contribution is -0.142. The van der Waals surface area contributed by atoms with Gasteiger partial charge in [-0.3, -0.25) is 9.59 Å². The molecule has 0 heterocycles. The Morgan fingerprint density at radius 3 is 2.22 bits per heavy atom. The van der Waals surface area contributed by atoms with Crippen molar-refractivity contribution >= 4 is 27.7 Å². The summed E-state index contributed by atoms with van der Waals surface area (Å²) in [6, 6.07) is 12.1. The number of rotatable bonds is 11. The van der Waals surface area contributed by atoms with Crippen LogP contribution in [0.1, 0.15) is 32.8 Å². The first-order valence-corrected chi connectivity index (χ1v) is 11.3. The molecule has 0 aliphatic rings. The van der Waals surface area contributed by atoms with E-state index in [0.29, 0.717) is 17.2 Å². The van der Waals surface area contributed by atoms with Gasteiger partial charge in [0.05, 0.1) is 14.2 Å². The number of hydrogen-bond donors (Lipinski definition) is 1. The Hall–Kier alpha value is -2.74. The zero-order valence-electron chi connectivity index (χ0n) is 19.2. The van der Waals surface area contributed by atoms with Crippen molar-refractivity contribution in [3.8, 4) is 17.2 Å². The van der Waals surface area contributed by atoms with Crippen molar-refractivity contribution in [1.29, 1.82) is 0 Å². The summed E-state index contributed by atoms with van der Waals surface area (Å²) in [6.07, 6.45) is 0.804. The van der Waals surface area contributed by atoms with Crippen LogP contribution in [0.3, 0.4) is 0 Å². The average Bonchev–Trinajstić information content (AvgIpc) is 2.80. The molecule has 0 fully saturated rings. The molecule has 0 aromatic heterocycles. The van der Waals surface area contributed by atoms with Crippen LogP contribution in [0.25, 0.3) is 0 Å². The number of methoxy groups -OCH3 is 2. The van der Waals surface area contributed by atoms with Crippen LogP contribution in [0.4, 0.5) is 0 Å². The molecule has 174 valence electrons. The summed E-state index contributed by atoms with van der Waals surface area (Å²) in [6.45, 7) is 5.70. The van der Waals surface area contributed by atoms with Gasteiger partial charge in [-0.05, 0) is 38.0 Å². The van der Waals surface area contributed by atoms with E-state index in [1.165, 1.54) is 4.90 Å². The Bertz CT molecular complexity index is 899. The number of nitrogens with zero attached hydrogens (tertiary/aromatic N) is 1. The normalized spacial score (nSPS) is 12.4. The monoisotopic (exact) mass is 506 g/mol. The van der Waals surface area contributed by atoms with E-state index in [1.54, 1.807) is 39.3 Å². The van der Waals surface area contributed by atoms with E-state index in [1.807, 2.05) is 38.1 Å². The smallest absolute Gasteiger partial charge is 0.261 e. The van der Waals surface area contributed by atoms with Gasteiger partial charge in [-0.25, -0.2) is 0 Å². The van der Waals surface area contributed by atoms with E-state index in [2.05, 4.69) is 21.2 Å². The van der Waals surface area contributed by atoms with Crippen LogP contribution in [0.5, 0.6) is 17.2 Å². The number of ether oxygens (including phenoxy) is 3. The summed E-state index contributed by atoms with van der Waals surface area (Å²) in [5.74, 6) is 1.04. The second-order valence-electron chi connectivity index (χ2n) is 7.48. The van der Waals surface area contributed by atoms with Crippen LogP contribution in [0, 0.1) is 0 Å². The van der Waals surface area contributed by atoms with Crippen LogP contribution < -0.4 is 19.5 Å². The van der Waals surface area contributed by atoms with E-state index in [4.69, 9.17) is 14.2 Å². The summed E-state index contributed by atoms with van der Waals surface area (Å²) in [5.41, 5.74) is 0.902. The van der Waals surface area contributed by atoms with Gasteiger partial charge in [0.25, 0.3) is 5.91 Å². The Morgan fingerprint density at radius 2 is 1.66 bits per heavy atom. The first kappa shape index (κ1) is 25.5. The molecule has 32 heavy (non-hydrogen) atoms. The van der Waals surface area contributed by atoms with E-state index in [9.17, 15) is 9.59 Å². The van der Waals surface area contributed by atoms with E-state index in [0.717, 1.165) is 16.5 Å². The van der Waals surface area contributed by atoms with Gasteiger partial charge in [-0.2, -0.15) is 0 Å². The van der Waals surface area contributed by atoms with Gasteiger partial charge in [-0.15, -0.1) is 0 Å². The quantitative estimate of drug-likeness (QED) is 0.494. The fraction of sp³-hybridized carbons (Fsp3) is 0.417. The molecule has 7 nitrogen and oxygen atoms in total. The van der Waals surface area contributed by atoms with Crippen LogP contribution in [0.15, 0.2) is 46.9 Å². The van der Waals surface area contributed by atoms with Gasteiger partial charge in [0.2, 0.25) is 5.91 Å². The molecule has 2 atom stereocenters. The molecule has 0 unspecified atom stereocenters. The number of amides is 2. The summed E-state index contributed by atoms with van der Waals surface area (Å²) >= 11 is 3.45. The fourth-order valence-electron chi connectivity index (χ4n) is 2.97. The second kappa shape index (κ2) is 12.3. The van der Waals surface area contributed by atoms with Crippen molar-refractivity contribution in [1.82, 2.24) is 10.2 Å². The maximum absolute atomic E-state index is 13.2. The molecule has 0 bridgehead atoms. The molecule has 2 aromatic carbocycles. The molecule has 0 radical (unpaired) electrons. The lowest BCUT2D eigenvalue weighted by Gasteiger charge is -2.29. The average molecular weight is 507 g/mol. The maximum Gasteiger partial charge on any atom is 0.261 e. The molecule has 2 amide bonds. The number of carbonyl (C=O) groups is 2. The lowest BCUT2D eigenvalue weighted by atomic mass is 10.1. The molecule has 0 saturated carbocycles. The molecule has 0 aliphatic heterocycles. The molecular weight excluding hydrogens is 476 g/mol. The summed E-state index contributed by atoms with van der Waals surface area (Å²) in [4.78, 5) is 27.5. The number of hydrogen-bond acceptors (Lipinski definition) is 5. The highest BCUT2D eigenvalue weighted by Gasteiger charge is 2.27. The first-order valence-electron chi connectivity index (χ1n) is 10.5. The van der Waals surface area contributed by atoms with Gasteiger partial charge in [0.1, 0.15) is 23.3 Å². The minimum Gasteiger partial charge on any atom is -0.496 e. The predicted octanol–water partition coefficient (Wildman–Crippen LogP) is 4.18. The number of benzene rings is 2. The lowest BCUT2D eigenvalue weighted by Crippen LogP contribution is -2.50. The largest absolute Gasteiger partial charge is 0.496 e. The zero-order chi connectivity index (χ0) is 23.7. The summed E-state index contributed by atoms with van der Waals surface area (Å²) < 4.78 is 17.1. The maximum atomic E-state index is 13.2. The third kappa shape index (κ3) is 7.44. The SMILES string of the molecule is CC[C@@H](C)NC(=O)[C@@H](C)N(Cc1cccc(Br)c1)C(=O)COc1cc(OC)cc(OC)c1. The van der Waals surface area contributed by atoms with Crippen molar-refractivity contribution in [2.45, 2.75) is 45.8 Å². The van der Waals surface area contributed by atoms with Crippen molar-refractivity contribution in [3.63, 3.8) is 0 Å². The molecule has 2 rings (SSSR count). The molecule has 2 aromatic rings. The van der Waals surface area contributed by atoms with Crippen LogP contribution in [-0.2, 0) is 16.1 Å². The third-order valence-corrected chi connectivity index (χ3v) is 5.59. The van der Waals surface area contributed by atoms with Gasteiger partial charge in [-0.1, -0.05) is 35.0 Å². The van der Waals surface area contributed by atoms with Gasteiger partial charge in [0.15, 0.2) is 6.61 Å². The van der Waals surface area contributed by atoms with Crippen LogP contribution in [-0.4, -0.2) is 49.6 Å². The minimum absolute atomic E-state index is 0.0215. The molecule has 8 heteroatoms. The van der Waals surface area contributed by atoms with Crippen LogP contribution >= 0.6 is 15.9 Å². The Balaban J connectivity index is 2.20. The number of carbonyl (C=O) groups excluding carboxylic acids is 2. The summed E-state index contributed by atoms with van der Waals surface area (Å²) in [7, 11) is 3.09. The molecule has 0 saturated heterocycles. The first-order chi connectivity index (χ1) is 15.3. The zero-order valence-corrected chi connectivity index (χ0v) is 20.8. The standard InChI is InChI=1S/C24H31BrN2O5/c1-6-16(2)26-24(29)17(3)27(14-18-8-7-9-19(25)10-18)23(28)15-32-22-12-20(30-4)11-21(13-22)31-5/h7-13,16-17H,6,14-15H2,1-5H3,(H,26,29)/t16-,17-/m1/s1. The van der Waals surface area contributed by atoms with Gasteiger partial charge < -0.3 is 24.4 Å². The van der Waals surface area contributed by atoms with Crippen LogP contribution in [0.2, 0.25) is 0 Å². The summed E-state index contributed by atoms with van der Waals surface area (Å²) in [5, 5.41) is 2.95. The number of halogens is 1.